The van der Waals surface area contributed by atoms with Crippen LogP contribution in [-0.2, 0) is 28.8 Å². The molecule has 0 unspecified atom stereocenters. The van der Waals surface area contributed by atoms with Crippen molar-refractivity contribution < 1.29 is 64.5 Å². The summed E-state index contributed by atoms with van der Waals surface area (Å²) in [6, 6.07) is -4.89. The normalized spacial score (nSPS) is 15.6. The van der Waals surface area contributed by atoms with Crippen LogP contribution in [0.5, 0.6) is 0 Å². The molecule has 1 amide bonds. The Kier molecular flexibility index (Phi) is 30.4. The molecule has 250 valence electrons. The number of carboxylic acids is 5. The summed E-state index contributed by atoms with van der Waals surface area (Å²) in [6.07, 6.45) is -1.46. The number of aliphatic hydroxyl groups excluding tert-OH is 2. The number of aliphatic carboxylic acids is 5. The Labute approximate surface area is 243 Å². The van der Waals surface area contributed by atoms with Crippen LogP contribution in [0.4, 0.5) is 0 Å². The highest BCUT2D eigenvalue weighted by Gasteiger charge is 2.18. The molecule has 0 bridgehead atoms. The zero-order chi connectivity index (χ0) is 35.1. The first-order valence-corrected chi connectivity index (χ1v) is 12.4. The average Bonchev–Trinajstić information content (AvgIpc) is 2.86. The number of amides is 1. The number of carboxylic acid groups (broad SMARTS) is 5. The zero-order valence-corrected chi connectivity index (χ0v) is 24.7. The van der Waals surface area contributed by atoms with Crippen LogP contribution in [0.15, 0.2) is 0 Å². The van der Waals surface area contributed by atoms with E-state index in [1.807, 2.05) is 13.8 Å². The van der Waals surface area contributed by atoms with Crippen molar-refractivity contribution in [3.05, 3.63) is 0 Å². The summed E-state index contributed by atoms with van der Waals surface area (Å²) in [4.78, 5) is 59.8. The van der Waals surface area contributed by atoms with Crippen LogP contribution in [0.1, 0.15) is 54.4 Å². The Morgan fingerprint density at radius 3 is 0.881 bits per heavy atom. The highest BCUT2D eigenvalue weighted by atomic mass is 16.4. The van der Waals surface area contributed by atoms with Crippen LogP contribution in [-0.4, -0.2) is 114 Å². The molecule has 19 N–H and O–H groups in total. The van der Waals surface area contributed by atoms with Crippen molar-refractivity contribution in [2.75, 3.05) is 0 Å². The van der Waals surface area contributed by atoms with E-state index in [1.54, 1.807) is 13.8 Å². The van der Waals surface area contributed by atoms with Crippen LogP contribution in [0, 0.1) is 11.8 Å². The largest absolute Gasteiger partial charge is 0.480 e. The molecule has 19 nitrogen and oxygen atoms in total. The van der Waals surface area contributed by atoms with Gasteiger partial charge in [-0.25, -0.2) is 0 Å². The molecule has 8 atom stereocenters. The summed E-state index contributed by atoms with van der Waals surface area (Å²) in [6.45, 7) is 9.97. The molecule has 0 aromatic rings. The maximum Gasteiger partial charge on any atom is 0.323 e. The second-order valence-electron chi connectivity index (χ2n) is 9.18. The van der Waals surface area contributed by atoms with Crippen molar-refractivity contribution in [1.29, 1.82) is 0 Å². The number of primary amides is 1. The lowest BCUT2D eigenvalue weighted by Crippen LogP contribution is -2.39. The van der Waals surface area contributed by atoms with E-state index in [0.29, 0.717) is 0 Å². The first-order valence-electron chi connectivity index (χ1n) is 12.4. The van der Waals surface area contributed by atoms with Gasteiger partial charge in [-0.3, -0.25) is 28.8 Å². The number of carbonyl (C=O) groups is 6. The third-order valence-electron chi connectivity index (χ3n) is 4.89. The quantitative estimate of drug-likeness (QED) is 0.100. The predicted octanol–water partition coefficient (Wildman–Crippen LogP) is -3.67. The van der Waals surface area contributed by atoms with Crippen LogP contribution in [0.2, 0.25) is 0 Å². The third-order valence-corrected chi connectivity index (χ3v) is 4.89. The van der Waals surface area contributed by atoms with E-state index < -0.39 is 78.2 Å². The molecular formula is C23H50N6O13. The second kappa shape index (κ2) is 26.4. The SMILES string of the molecule is CC(C)[C@H](N)C(=O)O.CC[C@H](C)[C@H](N)C(=O)O.C[C@@H](O)[C@H](N)C(=O)O.C[C@@H](O)[C@H](N)C(=O)O.NC(=O)C[C@H](N)C(=O)O. The number of hydrogen-bond donors (Lipinski definition) is 13. The number of carbonyl (C=O) groups excluding carboxylic acids is 1. The van der Waals surface area contributed by atoms with Crippen LogP contribution >= 0.6 is 0 Å². The van der Waals surface area contributed by atoms with Gasteiger partial charge in [0.2, 0.25) is 5.91 Å². The van der Waals surface area contributed by atoms with Gasteiger partial charge in [-0.15, -0.1) is 0 Å². The molecule has 19 heteroatoms. The predicted molar refractivity (Wildman–Crippen MR) is 150 cm³/mol. The summed E-state index contributed by atoms with van der Waals surface area (Å²) in [7, 11) is 0. The molecule has 0 aliphatic carbocycles. The number of nitrogens with two attached hydrogens (primary N) is 6. The van der Waals surface area contributed by atoms with E-state index in [2.05, 4.69) is 5.73 Å². The Hall–Kier alpha value is -3.46. The number of aliphatic hydroxyl groups is 2. The molecule has 0 saturated heterocycles. The average molecular weight is 619 g/mol. The van der Waals surface area contributed by atoms with E-state index in [9.17, 15) is 28.8 Å². The molecule has 0 fully saturated rings. The van der Waals surface area contributed by atoms with Crippen LogP contribution in [0.3, 0.4) is 0 Å². The van der Waals surface area contributed by atoms with Gasteiger partial charge in [-0.1, -0.05) is 34.1 Å². The molecule has 0 aromatic carbocycles. The van der Waals surface area contributed by atoms with Gasteiger partial charge < -0.3 is 70.1 Å². The molecule has 42 heavy (non-hydrogen) atoms. The lowest BCUT2D eigenvalue weighted by atomic mass is 10.0. The Morgan fingerprint density at radius 1 is 0.548 bits per heavy atom. The standard InChI is InChI=1S/C6H13NO2.C5H11NO2.C4H8N2O3.2C4H9NO3/c1-3-4(2)5(7)6(8)9;1-3(2)4(6)5(7)8;5-2(4(8)9)1-3(6)7;2*1-2(6)3(5)4(7)8/h4-5H,3,7H2,1-2H3,(H,8,9);3-4H,6H2,1-2H3,(H,7,8);2H,1,5H2,(H2,6,7)(H,8,9);2*2-3,6H,5H2,1H3,(H,7,8)/t4-,5-;4-;2-;2*2-,3+/m00011/s1. The number of hydrogen-bond acceptors (Lipinski definition) is 13. The second-order valence-corrected chi connectivity index (χ2v) is 9.18. The minimum atomic E-state index is -1.21. The first kappa shape index (κ1) is 48.3. The molecular weight excluding hydrogens is 568 g/mol. The van der Waals surface area contributed by atoms with E-state index in [0.717, 1.165) is 6.42 Å². The topological polar surface area (TPSA) is 400 Å². The summed E-state index contributed by atoms with van der Waals surface area (Å²) in [5.41, 5.74) is 29.8. The first-order chi connectivity index (χ1) is 18.8. The lowest BCUT2D eigenvalue weighted by molar-refractivity contribution is -0.141. The highest BCUT2D eigenvalue weighted by Crippen LogP contribution is 2.04. The fraction of sp³-hybridized carbons (Fsp3) is 0.739. The molecule has 0 aliphatic heterocycles. The zero-order valence-electron chi connectivity index (χ0n) is 24.7. The van der Waals surface area contributed by atoms with Gasteiger partial charge >= 0.3 is 29.8 Å². The molecule has 0 aliphatic rings. The highest BCUT2D eigenvalue weighted by molar-refractivity contribution is 5.83. The van der Waals surface area contributed by atoms with E-state index in [1.165, 1.54) is 13.8 Å². The fourth-order valence-electron chi connectivity index (χ4n) is 1.50. The Morgan fingerprint density at radius 2 is 0.833 bits per heavy atom. The van der Waals surface area contributed by atoms with E-state index >= 15 is 0 Å². The van der Waals surface area contributed by atoms with Crippen molar-refractivity contribution in [2.24, 2.45) is 46.2 Å². The third kappa shape index (κ3) is 31.1. The Balaban J connectivity index is -0.000000136. The molecule has 0 radical (unpaired) electrons. The van der Waals surface area contributed by atoms with E-state index in [-0.39, 0.29) is 18.3 Å². The Bertz CT molecular complexity index is 755. The molecule has 0 spiro atoms. The van der Waals surface area contributed by atoms with Crippen molar-refractivity contribution in [3.63, 3.8) is 0 Å². The van der Waals surface area contributed by atoms with Gasteiger partial charge in [-0.2, -0.15) is 0 Å². The van der Waals surface area contributed by atoms with Gasteiger partial charge in [0.05, 0.1) is 18.6 Å². The van der Waals surface area contributed by atoms with Crippen molar-refractivity contribution >= 4 is 35.8 Å². The molecule has 0 saturated carbocycles. The summed E-state index contributed by atoms with van der Waals surface area (Å²) >= 11 is 0. The van der Waals surface area contributed by atoms with Crippen LogP contribution in [0.25, 0.3) is 0 Å². The van der Waals surface area contributed by atoms with Crippen molar-refractivity contribution in [2.45, 2.75) is 96.8 Å². The lowest BCUT2D eigenvalue weighted by Gasteiger charge is -2.11. The van der Waals surface area contributed by atoms with Crippen molar-refractivity contribution in [1.82, 2.24) is 0 Å². The minimum absolute atomic E-state index is 0.0208. The molecule has 0 rings (SSSR count). The van der Waals surface area contributed by atoms with Gasteiger partial charge in [0.15, 0.2) is 0 Å². The maximum absolute atomic E-state index is 10.2. The summed E-state index contributed by atoms with van der Waals surface area (Å²) in [5, 5.41) is 57.8. The van der Waals surface area contributed by atoms with Gasteiger partial charge in [0, 0.05) is 0 Å². The fourth-order valence-corrected chi connectivity index (χ4v) is 1.50. The molecule has 0 heterocycles. The van der Waals surface area contributed by atoms with Gasteiger partial charge in [0.25, 0.3) is 0 Å². The smallest absolute Gasteiger partial charge is 0.323 e. The van der Waals surface area contributed by atoms with Gasteiger partial charge in [0.1, 0.15) is 30.2 Å². The van der Waals surface area contributed by atoms with Crippen molar-refractivity contribution in [3.8, 4) is 0 Å². The summed E-state index contributed by atoms with van der Waals surface area (Å²) < 4.78 is 0. The maximum atomic E-state index is 10.2. The molecule has 0 aromatic heterocycles. The van der Waals surface area contributed by atoms with E-state index in [4.69, 9.17) is 64.4 Å². The minimum Gasteiger partial charge on any atom is -0.480 e. The van der Waals surface area contributed by atoms with Gasteiger partial charge in [-0.05, 0) is 25.7 Å². The number of rotatable bonds is 12. The summed E-state index contributed by atoms with van der Waals surface area (Å²) in [5.74, 6) is -6.03. The van der Waals surface area contributed by atoms with Crippen LogP contribution < -0.4 is 34.4 Å². The monoisotopic (exact) mass is 618 g/mol.